The standard InChI is InChI=1S/C30H39N9O5/c1-30(2,3)44-23(40)16-22(36-29(42)43-17-20-8-5-4-6-9-20)39-19-35-24-25(33-18-34-26(24)39)38-14-10-21(11-15-38)27(41)37-28-31-12-7-13-32-28/h4-6,8-9,18-19,21-22H,7,10-17H2,1-3H3,(H,36,42)(H2,31,32,37,41). The van der Waals surface area contributed by atoms with Crippen LogP contribution < -0.4 is 20.9 Å². The molecule has 14 heteroatoms. The Labute approximate surface area is 255 Å². The number of amides is 2. The summed E-state index contributed by atoms with van der Waals surface area (Å²) in [4.78, 5) is 58.4. The summed E-state index contributed by atoms with van der Waals surface area (Å²) in [5, 5.41) is 8.81. The van der Waals surface area contributed by atoms with E-state index in [1.54, 1.807) is 25.3 Å². The average Bonchev–Trinajstić information content (AvgIpc) is 3.44. The van der Waals surface area contributed by atoms with Gasteiger partial charge >= 0.3 is 12.1 Å². The molecule has 0 saturated carbocycles. The quantitative estimate of drug-likeness (QED) is 0.325. The number of hydrogen-bond donors (Lipinski definition) is 3. The van der Waals surface area contributed by atoms with E-state index < -0.39 is 23.8 Å². The Morgan fingerprint density at radius 3 is 2.57 bits per heavy atom. The Kier molecular flexibility index (Phi) is 9.56. The third-order valence-electron chi connectivity index (χ3n) is 7.26. The Balaban J connectivity index is 1.29. The maximum absolute atomic E-state index is 12.9. The van der Waals surface area contributed by atoms with Crippen molar-refractivity contribution in [3.05, 3.63) is 48.5 Å². The number of piperidine rings is 1. The van der Waals surface area contributed by atoms with E-state index in [0.717, 1.165) is 18.5 Å². The van der Waals surface area contributed by atoms with Crippen LogP contribution in [0.4, 0.5) is 10.6 Å². The first-order valence-electron chi connectivity index (χ1n) is 14.9. The van der Waals surface area contributed by atoms with Gasteiger partial charge in [-0.3, -0.25) is 24.5 Å². The highest BCUT2D eigenvalue weighted by Crippen LogP contribution is 2.28. The number of alkyl carbamates (subject to hydrolysis) is 1. The van der Waals surface area contributed by atoms with Crippen LogP contribution in [0.3, 0.4) is 0 Å². The zero-order chi connectivity index (χ0) is 31.1. The molecule has 44 heavy (non-hydrogen) atoms. The van der Waals surface area contributed by atoms with Crippen LogP contribution >= 0.6 is 0 Å². The Morgan fingerprint density at radius 1 is 1.09 bits per heavy atom. The molecule has 0 spiro atoms. The zero-order valence-electron chi connectivity index (χ0n) is 25.3. The molecule has 1 saturated heterocycles. The molecule has 0 aliphatic carbocycles. The number of guanidine groups is 1. The van der Waals surface area contributed by atoms with Gasteiger partial charge in [0.15, 0.2) is 22.9 Å². The van der Waals surface area contributed by atoms with Crippen LogP contribution in [0.5, 0.6) is 0 Å². The summed E-state index contributed by atoms with van der Waals surface area (Å²) in [6.07, 6.45) is 3.43. The van der Waals surface area contributed by atoms with Gasteiger partial charge in [0, 0.05) is 32.1 Å². The summed E-state index contributed by atoms with van der Waals surface area (Å²) < 4.78 is 12.6. The number of hydrogen-bond acceptors (Lipinski definition) is 11. The van der Waals surface area contributed by atoms with Gasteiger partial charge in [-0.25, -0.2) is 19.7 Å². The van der Waals surface area contributed by atoms with Gasteiger partial charge in [0.05, 0.1) is 12.7 Å². The van der Waals surface area contributed by atoms with Gasteiger partial charge in [-0.15, -0.1) is 0 Å². The lowest BCUT2D eigenvalue weighted by atomic mass is 9.96. The lowest BCUT2D eigenvalue weighted by Crippen LogP contribution is -2.48. The van der Waals surface area contributed by atoms with Crippen molar-refractivity contribution in [2.75, 3.05) is 31.1 Å². The molecule has 0 bridgehead atoms. The monoisotopic (exact) mass is 605 g/mol. The number of nitrogens with zero attached hydrogens (tertiary/aromatic N) is 6. The number of ether oxygens (including phenoxy) is 2. The molecule has 0 radical (unpaired) electrons. The van der Waals surface area contributed by atoms with Crippen molar-refractivity contribution in [2.45, 2.75) is 64.8 Å². The van der Waals surface area contributed by atoms with E-state index in [2.05, 4.69) is 40.8 Å². The van der Waals surface area contributed by atoms with Crippen molar-refractivity contribution >= 4 is 40.9 Å². The van der Waals surface area contributed by atoms with Gasteiger partial charge in [-0.1, -0.05) is 30.3 Å². The first-order chi connectivity index (χ1) is 21.2. The van der Waals surface area contributed by atoms with Crippen molar-refractivity contribution in [2.24, 2.45) is 10.9 Å². The van der Waals surface area contributed by atoms with E-state index in [9.17, 15) is 14.4 Å². The number of anilines is 1. The molecule has 5 rings (SSSR count). The molecule has 2 aliphatic rings. The minimum atomic E-state index is -0.883. The number of carbonyl (C=O) groups is 3. The second kappa shape index (κ2) is 13.7. The van der Waals surface area contributed by atoms with Crippen LogP contribution in [0.25, 0.3) is 11.2 Å². The van der Waals surface area contributed by atoms with E-state index in [0.29, 0.717) is 55.4 Å². The molecule has 14 nitrogen and oxygen atoms in total. The molecule has 2 amide bonds. The summed E-state index contributed by atoms with van der Waals surface area (Å²) in [6, 6.07) is 9.30. The third kappa shape index (κ3) is 7.99. The number of aromatic nitrogens is 4. The van der Waals surface area contributed by atoms with Crippen LogP contribution in [-0.4, -0.2) is 75.2 Å². The fourth-order valence-corrected chi connectivity index (χ4v) is 5.15. The Morgan fingerprint density at radius 2 is 1.86 bits per heavy atom. The normalized spacial score (nSPS) is 16.4. The predicted octanol–water partition coefficient (Wildman–Crippen LogP) is 2.67. The molecular weight excluding hydrogens is 566 g/mol. The SMILES string of the molecule is CC(C)(C)OC(=O)CC(NC(=O)OCc1ccccc1)n1cnc2c(N3CCC(C(=O)NC4=NCCCN4)CC3)ncnc21. The first kappa shape index (κ1) is 30.7. The van der Waals surface area contributed by atoms with Crippen LogP contribution in [0, 0.1) is 5.92 Å². The van der Waals surface area contributed by atoms with E-state index in [4.69, 9.17) is 9.47 Å². The predicted molar refractivity (Wildman–Crippen MR) is 163 cm³/mol. The minimum Gasteiger partial charge on any atom is -0.460 e. The number of aliphatic imine (C=N–C) groups is 1. The lowest BCUT2D eigenvalue weighted by Gasteiger charge is -2.32. The van der Waals surface area contributed by atoms with Crippen LogP contribution in [0.1, 0.15) is 58.2 Å². The number of imidazole rings is 1. The van der Waals surface area contributed by atoms with E-state index in [-0.39, 0.29) is 24.9 Å². The van der Waals surface area contributed by atoms with Crippen molar-refractivity contribution < 1.29 is 23.9 Å². The summed E-state index contributed by atoms with van der Waals surface area (Å²) in [6.45, 7) is 8.12. The smallest absolute Gasteiger partial charge is 0.409 e. The highest BCUT2D eigenvalue weighted by molar-refractivity contribution is 5.98. The highest BCUT2D eigenvalue weighted by Gasteiger charge is 2.30. The number of rotatable bonds is 8. The van der Waals surface area contributed by atoms with Gasteiger partial charge in [-0.05, 0) is 45.6 Å². The fraction of sp³-hybridized carbons (Fsp3) is 0.500. The number of fused-ring (bicyclic) bond motifs is 1. The van der Waals surface area contributed by atoms with E-state index >= 15 is 0 Å². The Hall–Kier alpha value is -4.75. The fourth-order valence-electron chi connectivity index (χ4n) is 5.15. The number of benzene rings is 1. The van der Waals surface area contributed by atoms with E-state index in [1.165, 1.54) is 12.7 Å². The van der Waals surface area contributed by atoms with Gasteiger partial charge in [-0.2, -0.15) is 0 Å². The van der Waals surface area contributed by atoms with Crippen molar-refractivity contribution in [1.82, 2.24) is 35.5 Å². The molecular formula is C30H39N9O5. The summed E-state index contributed by atoms with van der Waals surface area (Å²) in [5.41, 5.74) is 1.08. The maximum Gasteiger partial charge on any atom is 0.409 e. The summed E-state index contributed by atoms with van der Waals surface area (Å²) in [7, 11) is 0. The first-order valence-corrected chi connectivity index (χ1v) is 14.9. The van der Waals surface area contributed by atoms with Crippen LogP contribution in [-0.2, 0) is 25.7 Å². The van der Waals surface area contributed by atoms with Crippen molar-refractivity contribution in [3.63, 3.8) is 0 Å². The second-order valence-electron chi connectivity index (χ2n) is 11.8. The summed E-state index contributed by atoms with van der Waals surface area (Å²) >= 11 is 0. The molecule has 234 valence electrons. The van der Waals surface area contributed by atoms with Crippen LogP contribution in [0.2, 0.25) is 0 Å². The minimum absolute atomic E-state index is 0.0369. The molecule has 4 heterocycles. The second-order valence-corrected chi connectivity index (χ2v) is 11.8. The largest absolute Gasteiger partial charge is 0.460 e. The van der Waals surface area contributed by atoms with E-state index in [1.807, 2.05) is 30.3 Å². The molecule has 1 fully saturated rings. The zero-order valence-corrected chi connectivity index (χ0v) is 25.3. The molecule has 2 aromatic heterocycles. The molecule has 1 atom stereocenters. The Bertz CT molecular complexity index is 1490. The molecule has 3 aromatic rings. The van der Waals surface area contributed by atoms with Gasteiger partial charge in [0.25, 0.3) is 0 Å². The molecule has 3 N–H and O–H groups in total. The molecule has 2 aliphatic heterocycles. The number of nitrogens with one attached hydrogen (secondary N) is 3. The molecule has 1 aromatic carbocycles. The topological polar surface area (TPSA) is 165 Å². The molecule has 1 unspecified atom stereocenters. The number of carbonyl (C=O) groups excluding carboxylic acids is 3. The van der Waals surface area contributed by atoms with Crippen molar-refractivity contribution in [1.29, 1.82) is 0 Å². The maximum atomic E-state index is 12.9. The van der Waals surface area contributed by atoms with Gasteiger partial charge in [0.2, 0.25) is 5.91 Å². The highest BCUT2D eigenvalue weighted by atomic mass is 16.6. The van der Waals surface area contributed by atoms with Crippen molar-refractivity contribution in [3.8, 4) is 0 Å². The van der Waals surface area contributed by atoms with Gasteiger partial charge in [0.1, 0.15) is 24.7 Å². The third-order valence-corrected chi connectivity index (χ3v) is 7.26. The average molecular weight is 606 g/mol. The number of esters is 1. The van der Waals surface area contributed by atoms with Gasteiger partial charge < -0.3 is 25.0 Å². The summed E-state index contributed by atoms with van der Waals surface area (Å²) in [5.74, 6) is 0.484. The lowest BCUT2D eigenvalue weighted by molar-refractivity contribution is -0.155. The van der Waals surface area contributed by atoms with Crippen LogP contribution in [0.15, 0.2) is 48.0 Å².